The summed E-state index contributed by atoms with van der Waals surface area (Å²) in [4.78, 5) is 22.8. The van der Waals surface area contributed by atoms with Crippen LogP contribution in [0.15, 0.2) is 35.0 Å². The first-order valence-corrected chi connectivity index (χ1v) is 7.86. The van der Waals surface area contributed by atoms with Crippen molar-refractivity contribution in [2.45, 2.75) is 25.8 Å². The lowest BCUT2D eigenvalue weighted by Crippen LogP contribution is -2.28. The molecule has 0 bridgehead atoms. The zero-order valence-corrected chi connectivity index (χ0v) is 13.1. The van der Waals surface area contributed by atoms with E-state index in [2.05, 4.69) is 22.0 Å². The summed E-state index contributed by atoms with van der Waals surface area (Å²) in [7, 11) is 0. The molecule has 0 radical (unpaired) electrons. The minimum absolute atomic E-state index is 0.199. The quantitative estimate of drug-likeness (QED) is 0.791. The molecule has 1 saturated heterocycles. The molecule has 3 heterocycles. The van der Waals surface area contributed by atoms with E-state index in [0.717, 1.165) is 19.4 Å². The van der Waals surface area contributed by atoms with E-state index in [-0.39, 0.29) is 5.56 Å². The Hall–Kier alpha value is -2.96. The number of rotatable bonds is 3. The molecule has 4 rings (SSSR count). The van der Waals surface area contributed by atoms with Crippen LogP contribution in [0.5, 0.6) is 0 Å². The van der Waals surface area contributed by atoms with E-state index in [1.54, 1.807) is 24.4 Å². The zero-order valence-electron chi connectivity index (χ0n) is 13.1. The number of fused-ring (bicyclic) bond motifs is 1. The number of hydrogen-bond acceptors (Lipinski definition) is 6. The summed E-state index contributed by atoms with van der Waals surface area (Å²) >= 11 is 0. The van der Waals surface area contributed by atoms with Gasteiger partial charge in [0.15, 0.2) is 17.3 Å². The number of carboxylic acids is 1. The highest BCUT2D eigenvalue weighted by Gasteiger charge is 2.27. The first-order valence-electron chi connectivity index (χ1n) is 7.86. The number of aromatic carboxylic acids is 1. The molecular weight excluding hydrogens is 308 g/mol. The first kappa shape index (κ1) is 14.6. The average Bonchev–Trinajstić information content (AvgIpc) is 3.24. The van der Waals surface area contributed by atoms with Gasteiger partial charge in [-0.1, -0.05) is 5.16 Å². The second-order valence-electron chi connectivity index (χ2n) is 5.97. The van der Waals surface area contributed by atoms with Crippen LogP contribution in [-0.4, -0.2) is 38.8 Å². The summed E-state index contributed by atoms with van der Waals surface area (Å²) in [5.74, 6) is 0.293. The van der Waals surface area contributed by atoms with Gasteiger partial charge >= 0.3 is 5.97 Å². The van der Waals surface area contributed by atoms with Gasteiger partial charge in [-0.05, 0) is 38.0 Å². The molecule has 1 aliphatic rings. The summed E-state index contributed by atoms with van der Waals surface area (Å²) in [6, 6.07) is 6.86. The van der Waals surface area contributed by atoms with Crippen LogP contribution in [0.1, 0.15) is 30.1 Å². The maximum atomic E-state index is 11.2. The van der Waals surface area contributed by atoms with E-state index in [9.17, 15) is 9.90 Å². The fraction of sp³-hybridized carbons (Fsp3) is 0.294. The van der Waals surface area contributed by atoms with Gasteiger partial charge in [-0.2, -0.15) is 0 Å². The molecule has 0 amide bonds. The zero-order chi connectivity index (χ0) is 16.7. The third-order valence-electron chi connectivity index (χ3n) is 4.39. The van der Waals surface area contributed by atoms with Crippen LogP contribution in [0.4, 0.5) is 5.82 Å². The molecule has 3 aromatic rings. The lowest BCUT2D eigenvalue weighted by atomic mass is 10.1. The topological polar surface area (TPSA) is 92.4 Å². The van der Waals surface area contributed by atoms with Crippen LogP contribution >= 0.6 is 0 Å². The summed E-state index contributed by atoms with van der Waals surface area (Å²) in [6.45, 7) is 3.04. The van der Waals surface area contributed by atoms with Crippen LogP contribution < -0.4 is 4.90 Å². The lowest BCUT2D eigenvalue weighted by Gasteiger charge is -2.24. The van der Waals surface area contributed by atoms with Gasteiger partial charge in [0.1, 0.15) is 0 Å². The Morgan fingerprint density at radius 1 is 1.29 bits per heavy atom. The normalized spacial score (nSPS) is 17.5. The van der Waals surface area contributed by atoms with Crippen molar-refractivity contribution < 1.29 is 14.4 Å². The standard InChI is InChI=1S/C17H16N4O3/c1-10-3-2-8-21(10)16-15(14-6-7-18-24-14)19-12-5-4-11(17(22)23)9-13(12)20-16/h4-7,9-10H,2-3,8H2,1H3,(H,22,23). The highest BCUT2D eigenvalue weighted by Crippen LogP contribution is 2.33. The molecular formula is C17H16N4O3. The van der Waals surface area contributed by atoms with Crippen molar-refractivity contribution in [1.29, 1.82) is 0 Å². The van der Waals surface area contributed by atoms with Gasteiger partial charge in [-0.3, -0.25) is 0 Å². The fourth-order valence-corrected chi connectivity index (χ4v) is 3.13. The molecule has 24 heavy (non-hydrogen) atoms. The molecule has 122 valence electrons. The fourth-order valence-electron chi connectivity index (χ4n) is 3.13. The second-order valence-corrected chi connectivity index (χ2v) is 5.97. The Labute approximate surface area is 137 Å². The van der Waals surface area contributed by atoms with Crippen molar-refractivity contribution in [3.63, 3.8) is 0 Å². The number of benzene rings is 1. The molecule has 0 aliphatic carbocycles. The summed E-state index contributed by atoms with van der Waals surface area (Å²) in [5.41, 5.74) is 2.02. The molecule has 1 aromatic carbocycles. The second kappa shape index (κ2) is 5.59. The molecule has 0 spiro atoms. The van der Waals surface area contributed by atoms with E-state index in [1.807, 2.05) is 0 Å². The summed E-state index contributed by atoms with van der Waals surface area (Å²) in [5, 5.41) is 13.0. The van der Waals surface area contributed by atoms with Crippen molar-refractivity contribution in [3.05, 3.63) is 36.0 Å². The van der Waals surface area contributed by atoms with Gasteiger partial charge in [-0.25, -0.2) is 14.8 Å². The average molecular weight is 324 g/mol. The van der Waals surface area contributed by atoms with Gasteiger partial charge in [-0.15, -0.1) is 0 Å². The number of carbonyl (C=O) groups is 1. The van der Waals surface area contributed by atoms with E-state index < -0.39 is 5.97 Å². The van der Waals surface area contributed by atoms with Gasteiger partial charge in [0.2, 0.25) is 0 Å². The maximum absolute atomic E-state index is 11.2. The van der Waals surface area contributed by atoms with Crippen LogP contribution in [0.25, 0.3) is 22.5 Å². The van der Waals surface area contributed by atoms with Crippen molar-refractivity contribution in [2.75, 3.05) is 11.4 Å². The molecule has 1 fully saturated rings. The summed E-state index contributed by atoms with van der Waals surface area (Å²) in [6.07, 6.45) is 3.75. The van der Waals surface area contributed by atoms with Crippen molar-refractivity contribution in [1.82, 2.24) is 15.1 Å². The van der Waals surface area contributed by atoms with Gasteiger partial charge in [0.25, 0.3) is 0 Å². The van der Waals surface area contributed by atoms with Gasteiger partial charge < -0.3 is 14.5 Å². The Balaban J connectivity index is 1.94. The van der Waals surface area contributed by atoms with E-state index in [0.29, 0.717) is 34.3 Å². The maximum Gasteiger partial charge on any atom is 0.335 e. The van der Waals surface area contributed by atoms with Crippen molar-refractivity contribution in [3.8, 4) is 11.5 Å². The SMILES string of the molecule is CC1CCCN1c1nc2cc(C(=O)O)ccc2nc1-c1ccno1. The Bertz CT molecular complexity index is 908. The van der Waals surface area contributed by atoms with E-state index >= 15 is 0 Å². The highest BCUT2D eigenvalue weighted by atomic mass is 16.5. The molecule has 1 unspecified atom stereocenters. The van der Waals surface area contributed by atoms with Crippen molar-refractivity contribution >= 4 is 22.8 Å². The Kier molecular flexibility index (Phi) is 3.41. The molecule has 0 saturated carbocycles. The number of aromatic nitrogens is 3. The first-order chi connectivity index (χ1) is 11.6. The minimum atomic E-state index is -0.978. The Morgan fingerprint density at radius 3 is 2.83 bits per heavy atom. The van der Waals surface area contributed by atoms with Crippen LogP contribution in [0.2, 0.25) is 0 Å². The van der Waals surface area contributed by atoms with Crippen LogP contribution in [0, 0.1) is 0 Å². The largest absolute Gasteiger partial charge is 0.478 e. The molecule has 2 aromatic heterocycles. The van der Waals surface area contributed by atoms with Gasteiger partial charge in [0.05, 0.1) is 22.8 Å². The highest BCUT2D eigenvalue weighted by molar-refractivity contribution is 5.93. The van der Waals surface area contributed by atoms with Crippen molar-refractivity contribution in [2.24, 2.45) is 0 Å². The van der Waals surface area contributed by atoms with E-state index in [4.69, 9.17) is 9.51 Å². The minimum Gasteiger partial charge on any atom is -0.478 e. The number of carboxylic acid groups (broad SMARTS) is 1. The van der Waals surface area contributed by atoms with Crippen LogP contribution in [-0.2, 0) is 0 Å². The summed E-state index contributed by atoms with van der Waals surface area (Å²) < 4.78 is 5.29. The van der Waals surface area contributed by atoms with E-state index in [1.165, 1.54) is 6.07 Å². The monoisotopic (exact) mass is 324 g/mol. The van der Waals surface area contributed by atoms with Crippen LogP contribution in [0.3, 0.4) is 0 Å². The molecule has 7 nitrogen and oxygen atoms in total. The number of anilines is 1. The molecule has 1 N–H and O–H groups in total. The lowest BCUT2D eigenvalue weighted by molar-refractivity contribution is 0.0697. The Morgan fingerprint density at radius 2 is 2.17 bits per heavy atom. The predicted octanol–water partition coefficient (Wildman–Crippen LogP) is 2.97. The third kappa shape index (κ3) is 2.38. The third-order valence-corrected chi connectivity index (χ3v) is 4.39. The molecule has 1 aliphatic heterocycles. The van der Waals surface area contributed by atoms with Gasteiger partial charge in [0, 0.05) is 18.7 Å². The molecule has 7 heteroatoms. The number of nitrogens with zero attached hydrogens (tertiary/aromatic N) is 4. The smallest absolute Gasteiger partial charge is 0.335 e. The number of hydrogen-bond donors (Lipinski definition) is 1. The predicted molar refractivity (Wildman–Crippen MR) is 88.0 cm³/mol. The molecule has 1 atom stereocenters.